The minimum absolute atomic E-state index is 0.0885. The Balaban J connectivity index is 1.69. The van der Waals surface area contributed by atoms with Crippen LogP contribution in [0.5, 0.6) is 0 Å². The highest BCUT2D eigenvalue weighted by Crippen LogP contribution is 2.34. The lowest BCUT2D eigenvalue weighted by Crippen LogP contribution is -2.30. The van der Waals surface area contributed by atoms with Gasteiger partial charge in [0.25, 0.3) is 5.91 Å². The molecule has 0 N–H and O–H groups in total. The van der Waals surface area contributed by atoms with Gasteiger partial charge in [0.15, 0.2) is 0 Å². The van der Waals surface area contributed by atoms with E-state index in [1.807, 2.05) is 36.9 Å². The van der Waals surface area contributed by atoms with E-state index in [9.17, 15) is 4.79 Å². The van der Waals surface area contributed by atoms with Crippen LogP contribution >= 0.6 is 11.3 Å². The summed E-state index contributed by atoms with van der Waals surface area (Å²) in [5.74, 6) is 0.0885. The van der Waals surface area contributed by atoms with Gasteiger partial charge in [0.1, 0.15) is 0 Å². The Hall–Kier alpha value is -2.27. The summed E-state index contributed by atoms with van der Waals surface area (Å²) in [7, 11) is 0. The van der Waals surface area contributed by atoms with E-state index >= 15 is 0 Å². The van der Waals surface area contributed by atoms with E-state index in [0.717, 1.165) is 41.8 Å². The van der Waals surface area contributed by atoms with E-state index in [4.69, 9.17) is 0 Å². The molecule has 3 aromatic rings. The topological polar surface area (TPSA) is 46.1 Å². The summed E-state index contributed by atoms with van der Waals surface area (Å²) >= 11 is 1.68. The van der Waals surface area contributed by atoms with Crippen molar-refractivity contribution in [3.05, 3.63) is 57.5 Å². The molecule has 1 fully saturated rings. The highest BCUT2D eigenvalue weighted by Gasteiger charge is 2.30. The van der Waals surface area contributed by atoms with Crippen molar-refractivity contribution in [3.8, 4) is 0 Å². The van der Waals surface area contributed by atoms with Gasteiger partial charge in [0, 0.05) is 12.1 Å². The minimum atomic E-state index is 0.0885. The van der Waals surface area contributed by atoms with Crippen molar-refractivity contribution in [1.82, 2.24) is 14.9 Å². The average Bonchev–Trinajstić information content (AvgIpc) is 3.25. The first kappa shape index (κ1) is 15.3. The molecule has 0 aliphatic carbocycles. The summed E-state index contributed by atoms with van der Waals surface area (Å²) in [6.07, 6.45) is 2.09. The molecule has 1 atom stereocenters. The SMILES string of the molecule is Cc1nc2ccc(C(=O)N3CCC[C@H]3c3ccsc3)cc2nc1C. The molecule has 3 heterocycles. The molecule has 2 aromatic heterocycles. The first-order valence-electron chi connectivity index (χ1n) is 8.21. The third-order valence-electron chi connectivity index (χ3n) is 4.76. The monoisotopic (exact) mass is 337 g/mol. The van der Waals surface area contributed by atoms with Crippen molar-refractivity contribution in [1.29, 1.82) is 0 Å². The number of amides is 1. The van der Waals surface area contributed by atoms with Gasteiger partial charge in [0.2, 0.25) is 0 Å². The molecule has 5 heteroatoms. The van der Waals surface area contributed by atoms with Gasteiger partial charge in [-0.25, -0.2) is 9.97 Å². The summed E-state index contributed by atoms with van der Waals surface area (Å²) in [6.45, 7) is 4.72. The number of fused-ring (bicyclic) bond motifs is 1. The van der Waals surface area contributed by atoms with Gasteiger partial charge >= 0.3 is 0 Å². The number of rotatable bonds is 2. The van der Waals surface area contributed by atoms with Crippen molar-refractivity contribution < 1.29 is 4.79 Å². The molecule has 1 aliphatic rings. The molecular weight excluding hydrogens is 318 g/mol. The maximum atomic E-state index is 13.0. The fraction of sp³-hybridized carbons (Fsp3) is 0.316. The number of carbonyl (C=O) groups excluding carboxylic acids is 1. The molecule has 0 radical (unpaired) electrons. The first-order chi connectivity index (χ1) is 11.6. The maximum Gasteiger partial charge on any atom is 0.254 e. The molecule has 0 bridgehead atoms. The minimum Gasteiger partial charge on any atom is -0.332 e. The van der Waals surface area contributed by atoms with Crippen LogP contribution in [-0.2, 0) is 0 Å². The molecule has 122 valence electrons. The fourth-order valence-electron chi connectivity index (χ4n) is 3.35. The zero-order valence-corrected chi connectivity index (χ0v) is 14.6. The van der Waals surface area contributed by atoms with E-state index in [2.05, 4.69) is 26.8 Å². The average molecular weight is 337 g/mol. The number of aromatic nitrogens is 2. The van der Waals surface area contributed by atoms with Crippen LogP contribution < -0.4 is 0 Å². The Bertz CT molecular complexity index is 904. The lowest BCUT2D eigenvalue weighted by molar-refractivity contribution is 0.0736. The van der Waals surface area contributed by atoms with Crippen LogP contribution in [0.4, 0.5) is 0 Å². The molecule has 0 unspecified atom stereocenters. The summed E-state index contributed by atoms with van der Waals surface area (Å²) in [4.78, 5) is 24.2. The number of aryl methyl sites for hydroxylation is 2. The lowest BCUT2D eigenvalue weighted by Gasteiger charge is -2.24. The van der Waals surface area contributed by atoms with Gasteiger partial charge in [-0.05, 0) is 67.3 Å². The molecule has 4 nitrogen and oxygen atoms in total. The van der Waals surface area contributed by atoms with Crippen molar-refractivity contribution in [3.63, 3.8) is 0 Å². The van der Waals surface area contributed by atoms with Gasteiger partial charge in [-0.2, -0.15) is 11.3 Å². The second kappa shape index (κ2) is 5.98. The largest absolute Gasteiger partial charge is 0.332 e. The zero-order chi connectivity index (χ0) is 16.7. The molecule has 0 saturated carbocycles. The highest BCUT2D eigenvalue weighted by atomic mass is 32.1. The van der Waals surface area contributed by atoms with Crippen molar-refractivity contribution in [2.75, 3.05) is 6.54 Å². The first-order valence-corrected chi connectivity index (χ1v) is 9.16. The van der Waals surface area contributed by atoms with E-state index in [0.29, 0.717) is 5.56 Å². The predicted octanol–water partition coefficient (Wildman–Crippen LogP) is 4.29. The summed E-state index contributed by atoms with van der Waals surface area (Å²) in [5.41, 5.74) is 5.41. The second-order valence-corrected chi connectivity index (χ2v) is 7.09. The number of thiophene rings is 1. The quantitative estimate of drug-likeness (QED) is 0.701. The highest BCUT2D eigenvalue weighted by molar-refractivity contribution is 7.08. The zero-order valence-electron chi connectivity index (χ0n) is 13.8. The van der Waals surface area contributed by atoms with E-state index in [1.165, 1.54) is 5.56 Å². The number of hydrogen-bond donors (Lipinski definition) is 0. The molecular formula is C19H19N3OS. The summed E-state index contributed by atoms with van der Waals surface area (Å²) in [5, 5.41) is 4.22. The van der Waals surface area contributed by atoms with Crippen LogP contribution in [0, 0.1) is 13.8 Å². The standard InChI is InChI=1S/C19H19N3OS/c1-12-13(2)21-17-10-14(5-6-16(17)20-12)19(23)22-8-3-4-18(22)15-7-9-24-11-15/h5-7,9-11,18H,3-4,8H2,1-2H3/t18-/m0/s1. The summed E-state index contributed by atoms with van der Waals surface area (Å²) in [6, 6.07) is 7.97. The van der Waals surface area contributed by atoms with Crippen LogP contribution in [0.15, 0.2) is 35.0 Å². The van der Waals surface area contributed by atoms with Gasteiger partial charge in [-0.15, -0.1) is 0 Å². The Kier molecular flexibility index (Phi) is 3.81. The third kappa shape index (κ3) is 2.59. The van der Waals surface area contributed by atoms with Crippen LogP contribution in [0.1, 0.15) is 46.2 Å². The fourth-order valence-corrected chi connectivity index (χ4v) is 4.06. The van der Waals surface area contributed by atoms with Crippen LogP contribution in [-0.4, -0.2) is 27.3 Å². The molecule has 1 aliphatic heterocycles. The molecule has 1 aromatic carbocycles. The Morgan fingerprint density at radius 3 is 2.71 bits per heavy atom. The van der Waals surface area contributed by atoms with E-state index in [1.54, 1.807) is 11.3 Å². The number of likely N-dealkylation sites (tertiary alicyclic amines) is 1. The van der Waals surface area contributed by atoms with Gasteiger partial charge in [-0.1, -0.05) is 0 Å². The number of nitrogens with zero attached hydrogens (tertiary/aromatic N) is 3. The maximum absolute atomic E-state index is 13.0. The predicted molar refractivity (Wildman–Crippen MR) is 96.3 cm³/mol. The van der Waals surface area contributed by atoms with Crippen molar-refractivity contribution in [2.45, 2.75) is 32.7 Å². The van der Waals surface area contributed by atoms with Crippen molar-refractivity contribution in [2.24, 2.45) is 0 Å². The van der Waals surface area contributed by atoms with Crippen LogP contribution in [0.25, 0.3) is 11.0 Å². The number of carbonyl (C=O) groups is 1. The van der Waals surface area contributed by atoms with Crippen molar-refractivity contribution >= 4 is 28.3 Å². The van der Waals surface area contributed by atoms with Gasteiger partial charge < -0.3 is 4.90 Å². The Morgan fingerprint density at radius 1 is 1.17 bits per heavy atom. The normalized spacial score (nSPS) is 17.6. The number of hydrogen-bond acceptors (Lipinski definition) is 4. The van der Waals surface area contributed by atoms with E-state index < -0.39 is 0 Å². The van der Waals surface area contributed by atoms with Crippen LogP contribution in [0.2, 0.25) is 0 Å². The van der Waals surface area contributed by atoms with Gasteiger partial charge in [0.05, 0.1) is 28.5 Å². The van der Waals surface area contributed by atoms with E-state index in [-0.39, 0.29) is 11.9 Å². The molecule has 1 amide bonds. The lowest BCUT2D eigenvalue weighted by atomic mass is 10.1. The van der Waals surface area contributed by atoms with Gasteiger partial charge in [-0.3, -0.25) is 4.79 Å². The molecule has 4 rings (SSSR count). The summed E-state index contributed by atoms with van der Waals surface area (Å²) < 4.78 is 0. The molecule has 24 heavy (non-hydrogen) atoms. The molecule has 0 spiro atoms. The Morgan fingerprint density at radius 2 is 1.96 bits per heavy atom. The third-order valence-corrected chi connectivity index (χ3v) is 5.47. The number of benzene rings is 1. The smallest absolute Gasteiger partial charge is 0.254 e. The second-order valence-electron chi connectivity index (χ2n) is 6.31. The van der Waals surface area contributed by atoms with Crippen LogP contribution in [0.3, 0.4) is 0 Å². The Labute approximate surface area is 145 Å². The molecule has 1 saturated heterocycles.